The van der Waals surface area contributed by atoms with Crippen molar-refractivity contribution >= 4 is 29.4 Å². The number of hydrogen-bond acceptors (Lipinski definition) is 9. The lowest BCUT2D eigenvalue weighted by Gasteiger charge is -2.23. The number of nitrogens with one attached hydrogen (secondary N) is 2. The Morgan fingerprint density at radius 2 is 1.22 bits per heavy atom. The van der Waals surface area contributed by atoms with Crippen LogP contribution in [-0.2, 0) is 54.5 Å². The largest absolute Gasteiger partial charge is 0.435 e. The molecule has 6 N–H and O–H groups in total. The van der Waals surface area contributed by atoms with Gasteiger partial charge >= 0.3 is 6.18 Å². The molecule has 3 unspecified atom stereocenters. The molecule has 0 saturated heterocycles. The molecule has 442 valence electrons. The number of rotatable bonds is 18. The minimum Gasteiger partial charge on any atom is -0.366 e. The molecule has 8 aromatic rings. The summed E-state index contributed by atoms with van der Waals surface area (Å²) < 4.78 is 166. The van der Waals surface area contributed by atoms with Crippen LogP contribution in [0.5, 0.6) is 0 Å². The van der Waals surface area contributed by atoms with Crippen LogP contribution in [-0.4, -0.2) is 58.9 Å². The highest BCUT2D eigenvalue weighted by molar-refractivity contribution is 6.05. The first-order valence-electron chi connectivity index (χ1n) is 26.6. The van der Waals surface area contributed by atoms with Crippen molar-refractivity contribution in [3.63, 3.8) is 0 Å². The van der Waals surface area contributed by atoms with Crippen LogP contribution in [0.2, 0.25) is 0 Å². The molecule has 1 saturated carbocycles. The Morgan fingerprint density at radius 3 is 1.80 bits per heavy atom. The van der Waals surface area contributed by atoms with Gasteiger partial charge in [-0.15, -0.1) is 0 Å². The molecule has 0 aliphatic heterocycles. The summed E-state index contributed by atoms with van der Waals surface area (Å²) in [6, 6.07) is 11.7. The highest BCUT2D eigenvalue weighted by Crippen LogP contribution is 2.58. The lowest BCUT2D eigenvalue weighted by molar-refractivity contribution is -0.142. The van der Waals surface area contributed by atoms with Gasteiger partial charge in [0.1, 0.15) is 59.4 Å². The molecule has 3 aliphatic rings. The van der Waals surface area contributed by atoms with E-state index >= 15 is 13.2 Å². The van der Waals surface area contributed by atoms with Crippen molar-refractivity contribution in [2.45, 2.75) is 82.7 Å². The van der Waals surface area contributed by atoms with E-state index in [1.165, 1.54) is 24.4 Å². The molecule has 0 spiro atoms. The topological polar surface area (TPSA) is 223 Å². The molecule has 4 aromatic heterocycles. The number of nitrogens with two attached hydrogens (primary N) is 2. The number of ketones is 1. The monoisotopic (exact) mass is 1190 g/mol. The van der Waals surface area contributed by atoms with Gasteiger partial charge in [0.25, 0.3) is 18.2 Å². The van der Waals surface area contributed by atoms with Gasteiger partial charge in [-0.05, 0) is 127 Å². The van der Waals surface area contributed by atoms with Crippen molar-refractivity contribution in [3.8, 4) is 33.4 Å². The fraction of sp³-hybridized carbons (Fsp3) is 0.250. The van der Waals surface area contributed by atoms with Crippen LogP contribution in [0.3, 0.4) is 0 Å². The number of benzene rings is 4. The summed E-state index contributed by atoms with van der Waals surface area (Å²) >= 11 is 0. The lowest BCUT2D eigenvalue weighted by Crippen LogP contribution is -2.34. The van der Waals surface area contributed by atoms with Crippen LogP contribution in [0, 0.1) is 46.7 Å². The van der Waals surface area contributed by atoms with Crippen molar-refractivity contribution in [3.05, 3.63) is 200 Å². The second kappa shape index (κ2) is 22.4. The zero-order valence-corrected chi connectivity index (χ0v) is 44.7. The van der Waals surface area contributed by atoms with Crippen LogP contribution in [0.25, 0.3) is 33.4 Å². The van der Waals surface area contributed by atoms with E-state index in [0.29, 0.717) is 12.5 Å². The smallest absolute Gasteiger partial charge is 0.366 e. The van der Waals surface area contributed by atoms with Crippen molar-refractivity contribution in [1.82, 2.24) is 40.2 Å². The van der Waals surface area contributed by atoms with Crippen LogP contribution < -0.4 is 22.1 Å². The molecule has 1 fully saturated rings. The second-order valence-electron chi connectivity index (χ2n) is 21.4. The molecule has 0 bridgehead atoms. The highest BCUT2D eigenvalue weighted by Gasteiger charge is 2.56. The van der Waals surface area contributed by atoms with Gasteiger partial charge in [-0.25, -0.2) is 35.1 Å². The number of amides is 4. The Hall–Kier alpha value is -9.62. The van der Waals surface area contributed by atoms with Crippen molar-refractivity contribution in [1.29, 1.82) is 0 Å². The molecule has 86 heavy (non-hydrogen) atoms. The van der Waals surface area contributed by atoms with E-state index in [1.54, 1.807) is 6.92 Å². The Labute approximate surface area is 479 Å². The number of aromatic nitrogens is 6. The Bertz CT molecular complexity index is 4100. The summed E-state index contributed by atoms with van der Waals surface area (Å²) in [6.07, 6.45) is -6.10. The molecule has 5 atom stereocenters. The van der Waals surface area contributed by atoms with Gasteiger partial charge in [0.05, 0.1) is 40.2 Å². The van der Waals surface area contributed by atoms with E-state index in [0.717, 1.165) is 76.2 Å². The number of primary amides is 2. The molecular formula is C60H45F11N10O5. The highest BCUT2D eigenvalue weighted by atomic mass is 19.4. The minimum atomic E-state index is -4.85. The van der Waals surface area contributed by atoms with Gasteiger partial charge in [-0.1, -0.05) is 25.1 Å². The number of halogens is 11. The Kier molecular flexibility index (Phi) is 15.2. The van der Waals surface area contributed by atoms with Gasteiger partial charge in [0.15, 0.2) is 11.5 Å². The van der Waals surface area contributed by atoms with E-state index in [1.807, 2.05) is 0 Å². The lowest BCUT2D eigenvalue weighted by atomic mass is 9.91. The predicted molar refractivity (Wildman–Crippen MR) is 283 cm³/mol. The zero-order chi connectivity index (χ0) is 61.4. The fourth-order valence-electron chi connectivity index (χ4n) is 11.7. The molecular weight excluding hydrogens is 1150 g/mol. The van der Waals surface area contributed by atoms with Crippen molar-refractivity contribution < 1.29 is 72.3 Å². The Morgan fingerprint density at radius 1 is 0.651 bits per heavy atom. The number of pyridine rings is 2. The quantitative estimate of drug-likeness (QED) is 0.0599. The zero-order valence-electron chi connectivity index (χ0n) is 44.7. The number of Topliss-reactive ketones (excluding diaryl/α,β-unsaturated/α-hetero) is 1. The van der Waals surface area contributed by atoms with Gasteiger partial charge in [-0.2, -0.15) is 23.4 Å². The maximum absolute atomic E-state index is 17.0. The van der Waals surface area contributed by atoms with Crippen molar-refractivity contribution in [2.75, 3.05) is 0 Å². The van der Waals surface area contributed by atoms with Gasteiger partial charge in [-0.3, -0.25) is 43.3 Å². The first-order valence-corrected chi connectivity index (χ1v) is 26.6. The van der Waals surface area contributed by atoms with Crippen LogP contribution >= 0.6 is 0 Å². The first-order chi connectivity index (χ1) is 40.8. The van der Waals surface area contributed by atoms with E-state index in [2.05, 4.69) is 30.8 Å². The summed E-state index contributed by atoms with van der Waals surface area (Å²) in [6.45, 7) is 0.173. The first kappa shape index (κ1) is 58.2. The number of alkyl halides is 5. The van der Waals surface area contributed by atoms with E-state index in [-0.39, 0.29) is 91.6 Å². The maximum Gasteiger partial charge on any atom is 0.435 e. The third kappa shape index (κ3) is 11.3. The standard InChI is InChI=1S/C60H45F11N10O5/c1-25-9-39-46(10-25)80(79-56(39)60(69,70)71)23-47(82)76-44(51-33(3-2-8-74-51)28-4-6-40(63)37(17-28)58(72)85)16-27-13-42(65)49(43(66)14-27)30-19-34(29-5-7-41(64)38(18-29)59(73)86)52(75-22-30)45(15-26-11-31(61)20-32(62)12-26)77-48(83)24-81-54-50(53(78-81)57(67)68)35-21-36(35)55(54)84/h2-8,11-14,17-20,22,25,35-36,44-45,57H,9-10,15-16,21,23-24H2,1H3,(H2,72,85)(H2,73,86)(H,76,82)(H,77,83)/t25?,35?,36?,44-,45-/m0/s1. The fourth-order valence-corrected chi connectivity index (χ4v) is 11.7. The predicted octanol–water partition coefficient (Wildman–Crippen LogP) is 10.1. The molecule has 3 aliphatic carbocycles. The number of carbonyl (C=O) groups excluding carboxylic acids is 5. The molecule has 15 nitrogen and oxygen atoms in total. The minimum absolute atomic E-state index is 0.0128. The SMILES string of the molecule is CC1Cc2c(C(F)(F)F)nn(CC(=O)N[C@@H](Cc3cc(F)c(-c4cnc([C@H](Cc5cc(F)cc(F)c5)NC(=O)Cn5nc(C(F)F)c6c5C(=O)C5CC65)c(-c5ccc(F)c(C(N)=O)c5)c4)c(F)c3)c3ncccc3-c3ccc(F)c(C(N)=O)c3)c2C1. The summed E-state index contributed by atoms with van der Waals surface area (Å²) in [5.74, 6) is -12.6. The summed E-state index contributed by atoms with van der Waals surface area (Å²) in [5, 5.41) is 13.0. The summed E-state index contributed by atoms with van der Waals surface area (Å²) in [5.41, 5.74) is 6.44. The number of hydrogen-bond donors (Lipinski definition) is 4. The normalized spacial score (nSPS) is 16.6. The van der Waals surface area contributed by atoms with Crippen LogP contribution in [0.1, 0.15) is 120 Å². The second-order valence-corrected chi connectivity index (χ2v) is 21.4. The van der Waals surface area contributed by atoms with E-state index in [4.69, 9.17) is 11.5 Å². The third-order valence-electron chi connectivity index (χ3n) is 15.4. The third-order valence-corrected chi connectivity index (χ3v) is 15.4. The number of carbonyl (C=O) groups is 5. The molecule has 4 aromatic carbocycles. The van der Waals surface area contributed by atoms with E-state index < -0.39 is 155 Å². The van der Waals surface area contributed by atoms with Gasteiger partial charge in [0.2, 0.25) is 11.8 Å². The molecule has 26 heteroatoms. The number of nitrogens with zero attached hydrogens (tertiary/aromatic N) is 6. The van der Waals surface area contributed by atoms with Gasteiger partial charge < -0.3 is 22.1 Å². The van der Waals surface area contributed by atoms with Crippen LogP contribution in [0.4, 0.5) is 48.3 Å². The number of fused-ring (bicyclic) bond motifs is 4. The molecule has 0 radical (unpaired) electrons. The average Bonchev–Trinajstić information content (AvgIpc) is 1.55. The van der Waals surface area contributed by atoms with E-state index in [9.17, 15) is 59.1 Å². The Balaban J connectivity index is 0.978. The van der Waals surface area contributed by atoms with Crippen molar-refractivity contribution in [2.24, 2.45) is 23.3 Å². The van der Waals surface area contributed by atoms with Crippen LogP contribution in [0.15, 0.2) is 97.3 Å². The summed E-state index contributed by atoms with van der Waals surface area (Å²) in [7, 11) is 0. The molecule has 4 amide bonds. The van der Waals surface area contributed by atoms with Gasteiger partial charge in [0, 0.05) is 57.9 Å². The molecule has 4 heterocycles. The summed E-state index contributed by atoms with van der Waals surface area (Å²) in [4.78, 5) is 75.1. The maximum atomic E-state index is 17.0. The molecule has 11 rings (SSSR count). The average molecular weight is 1200 g/mol.